The Morgan fingerprint density at radius 1 is 1.43 bits per heavy atom. The summed E-state index contributed by atoms with van der Waals surface area (Å²) in [5.74, 6) is 0. The predicted molar refractivity (Wildman–Crippen MR) is 87.5 cm³/mol. The summed E-state index contributed by atoms with van der Waals surface area (Å²) in [4.78, 5) is 14.1. The molecule has 23 heavy (non-hydrogen) atoms. The molecular formula is C14H25N5O3S. The van der Waals surface area contributed by atoms with Crippen LogP contribution in [0, 0.1) is 0 Å². The van der Waals surface area contributed by atoms with Gasteiger partial charge in [-0.25, -0.2) is 17.9 Å². The summed E-state index contributed by atoms with van der Waals surface area (Å²) >= 11 is 0. The van der Waals surface area contributed by atoms with Gasteiger partial charge >= 0.3 is 6.03 Å². The lowest BCUT2D eigenvalue weighted by Crippen LogP contribution is -2.52. The highest BCUT2D eigenvalue weighted by atomic mass is 32.2. The minimum Gasteiger partial charge on any atom is -0.338 e. The summed E-state index contributed by atoms with van der Waals surface area (Å²) in [6.45, 7) is 1.47. The fraction of sp³-hybridized carbons (Fsp3) is 0.714. The number of aromatic nitrogens is 2. The normalized spacial score (nSPS) is 18.9. The second-order valence-electron chi connectivity index (χ2n) is 5.97. The lowest BCUT2D eigenvalue weighted by atomic mass is 10.0. The Balaban J connectivity index is 1.82. The standard InChI is InChI=1S/C14H25N5O3S/c1-18-11-12(9-16-18)6-7-15-14(20)19-8-4-3-5-13(19)10-17-23(2,21)22/h9,11,13,17H,3-8,10H2,1-2H3,(H,15,20)/t13-/m0/s1. The zero-order valence-electron chi connectivity index (χ0n) is 13.7. The molecule has 1 fully saturated rings. The molecule has 1 aliphatic rings. The highest BCUT2D eigenvalue weighted by molar-refractivity contribution is 7.88. The van der Waals surface area contributed by atoms with Gasteiger partial charge in [0.05, 0.1) is 12.5 Å². The molecule has 0 saturated carbocycles. The van der Waals surface area contributed by atoms with Crippen LogP contribution in [0.5, 0.6) is 0 Å². The predicted octanol–water partition coefficient (Wildman–Crippen LogP) is 0.0759. The molecule has 130 valence electrons. The van der Waals surface area contributed by atoms with Crippen LogP contribution < -0.4 is 10.0 Å². The molecule has 1 aliphatic heterocycles. The summed E-state index contributed by atoms with van der Waals surface area (Å²) in [5, 5.41) is 7.00. The number of hydrogen-bond donors (Lipinski definition) is 2. The molecule has 2 rings (SSSR count). The van der Waals surface area contributed by atoms with Gasteiger partial charge in [-0.2, -0.15) is 5.10 Å². The van der Waals surface area contributed by atoms with Crippen molar-refractivity contribution in [1.29, 1.82) is 0 Å². The van der Waals surface area contributed by atoms with Crippen LogP contribution in [0.25, 0.3) is 0 Å². The summed E-state index contributed by atoms with van der Waals surface area (Å²) in [7, 11) is -1.38. The molecule has 2 amide bonds. The molecule has 0 spiro atoms. The number of aryl methyl sites for hydroxylation is 1. The first-order valence-electron chi connectivity index (χ1n) is 7.82. The average molecular weight is 343 g/mol. The number of hydrogen-bond acceptors (Lipinski definition) is 4. The Kier molecular flexibility index (Phi) is 6.00. The van der Waals surface area contributed by atoms with E-state index in [-0.39, 0.29) is 18.6 Å². The van der Waals surface area contributed by atoms with E-state index in [1.807, 2.05) is 13.2 Å². The fourth-order valence-electron chi connectivity index (χ4n) is 2.74. The van der Waals surface area contributed by atoms with E-state index < -0.39 is 10.0 Å². The number of likely N-dealkylation sites (tertiary alicyclic amines) is 1. The van der Waals surface area contributed by atoms with Crippen LogP contribution >= 0.6 is 0 Å². The summed E-state index contributed by atoms with van der Waals surface area (Å²) in [6.07, 6.45) is 8.34. The van der Waals surface area contributed by atoms with Crippen molar-refractivity contribution in [2.45, 2.75) is 31.7 Å². The third kappa shape index (κ3) is 5.83. The maximum Gasteiger partial charge on any atom is 0.317 e. The molecule has 1 atom stereocenters. The van der Waals surface area contributed by atoms with Crippen molar-refractivity contribution in [3.05, 3.63) is 18.0 Å². The number of urea groups is 1. The van der Waals surface area contributed by atoms with E-state index in [0.29, 0.717) is 13.1 Å². The van der Waals surface area contributed by atoms with E-state index >= 15 is 0 Å². The number of nitrogens with zero attached hydrogens (tertiary/aromatic N) is 3. The largest absolute Gasteiger partial charge is 0.338 e. The molecule has 0 radical (unpaired) electrons. The first kappa shape index (κ1) is 17.7. The SMILES string of the molecule is Cn1cc(CCNC(=O)N2CCCC[C@H]2CNS(C)(=O)=O)cn1. The van der Waals surface area contributed by atoms with Gasteiger partial charge in [0, 0.05) is 38.9 Å². The van der Waals surface area contributed by atoms with Gasteiger partial charge in [-0.3, -0.25) is 4.68 Å². The van der Waals surface area contributed by atoms with Crippen LogP contribution in [0.2, 0.25) is 0 Å². The third-order valence-corrected chi connectivity index (χ3v) is 4.61. The average Bonchev–Trinajstić information content (AvgIpc) is 2.90. The molecule has 0 aromatic carbocycles. The van der Waals surface area contributed by atoms with Crippen LogP contribution in [-0.4, -0.2) is 61.1 Å². The molecule has 9 heteroatoms. The van der Waals surface area contributed by atoms with Crippen molar-refractivity contribution < 1.29 is 13.2 Å². The highest BCUT2D eigenvalue weighted by Crippen LogP contribution is 2.16. The Morgan fingerprint density at radius 2 is 2.22 bits per heavy atom. The highest BCUT2D eigenvalue weighted by Gasteiger charge is 2.27. The minimum absolute atomic E-state index is 0.0862. The fourth-order valence-corrected chi connectivity index (χ4v) is 3.24. The Bertz CT molecular complexity index is 628. The van der Waals surface area contributed by atoms with E-state index in [1.54, 1.807) is 15.8 Å². The Hall–Kier alpha value is -1.61. The topological polar surface area (TPSA) is 96.3 Å². The molecule has 8 nitrogen and oxygen atoms in total. The van der Waals surface area contributed by atoms with Crippen LogP contribution in [0.1, 0.15) is 24.8 Å². The monoisotopic (exact) mass is 343 g/mol. The van der Waals surface area contributed by atoms with Gasteiger partial charge in [0.2, 0.25) is 10.0 Å². The summed E-state index contributed by atoms with van der Waals surface area (Å²) in [6, 6.07) is -0.217. The number of sulfonamides is 1. The molecule has 2 N–H and O–H groups in total. The zero-order chi connectivity index (χ0) is 16.9. The van der Waals surface area contributed by atoms with Gasteiger partial charge in [0.1, 0.15) is 0 Å². The van der Waals surface area contributed by atoms with Gasteiger partial charge in [0.25, 0.3) is 0 Å². The van der Waals surface area contributed by atoms with Crippen molar-refractivity contribution in [1.82, 2.24) is 24.7 Å². The molecule has 0 bridgehead atoms. The van der Waals surface area contributed by atoms with Gasteiger partial charge in [-0.1, -0.05) is 0 Å². The van der Waals surface area contributed by atoms with Crippen molar-refractivity contribution in [2.24, 2.45) is 7.05 Å². The summed E-state index contributed by atoms with van der Waals surface area (Å²) in [5.41, 5.74) is 1.07. The lowest BCUT2D eigenvalue weighted by Gasteiger charge is -2.35. The quantitative estimate of drug-likeness (QED) is 0.764. The van der Waals surface area contributed by atoms with Gasteiger partial charge in [0.15, 0.2) is 0 Å². The lowest BCUT2D eigenvalue weighted by molar-refractivity contribution is 0.152. The number of carbonyl (C=O) groups is 1. The number of carbonyl (C=O) groups excluding carboxylic acids is 1. The first-order valence-corrected chi connectivity index (χ1v) is 9.71. The number of rotatable bonds is 6. The molecule has 2 heterocycles. The van der Waals surface area contributed by atoms with Crippen molar-refractivity contribution in [2.75, 3.05) is 25.9 Å². The molecule has 1 aromatic heterocycles. The van der Waals surface area contributed by atoms with Gasteiger partial charge < -0.3 is 10.2 Å². The van der Waals surface area contributed by atoms with Crippen LogP contribution in [-0.2, 0) is 23.5 Å². The first-order chi connectivity index (χ1) is 10.8. The smallest absolute Gasteiger partial charge is 0.317 e. The number of amides is 2. The van der Waals surface area contributed by atoms with Gasteiger partial charge in [-0.05, 0) is 31.2 Å². The van der Waals surface area contributed by atoms with Crippen LogP contribution in [0.15, 0.2) is 12.4 Å². The zero-order valence-corrected chi connectivity index (χ0v) is 14.5. The van der Waals surface area contributed by atoms with E-state index in [9.17, 15) is 13.2 Å². The molecule has 1 aromatic rings. The van der Waals surface area contributed by atoms with Crippen molar-refractivity contribution in [3.8, 4) is 0 Å². The van der Waals surface area contributed by atoms with E-state index in [0.717, 1.165) is 37.5 Å². The van der Waals surface area contributed by atoms with Crippen molar-refractivity contribution in [3.63, 3.8) is 0 Å². The maximum absolute atomic E-state index is 12.3. The van der Waals surface area contributed by atoms with E-state index in [4.69, 9.17) is 0 Å². The molecule has 1 saturated heterocycles. The maximum atomic E-state index is 12.3. The second kappa shape index (κ2) is 7.78. The Labute approximate surface area is 137 Å². The van der Waals surface area contributed by atoms with Crippen molar-refractivity contribution >= 4 is 16.1 Å². The second-order valence-corrected chi connectivity index (χ2v) is 7.80. The minimum atomic E-state index is -3.24. The van der Waals surface area contributed by atoms with Crippen LogP contribution in [0.3, 0.4) is 0 Å². The van der Waals surface area contributed by atoms with E-state index in [2.05, 4.69) is 15.1 Å². The third-order valence-electron chi connectivity index (χ3n) is 3.92. The van der Waals surface area contributed by atoms with E-state index in [1.165, 1.54) is 0 Å². The summed E-state index contributed by atoms with van der Waals surface area (Å²) < 4.78 is 26.7. The van der Waals surface area contributed by atoms with Gasteiger partial charge in [-0.15, -0.1) is 0 Å². The van der Waals surface area contributed by atoms with Crippen LogP contribution in [0.4, 0.5) is 4.79 Å². The number of piperidine rings is 1. The number of nitrogens with one attached hydrogen (secondary N) is 2. The molecule has 0 unspecified atom stereocenters. The Morgan fingerprint density at radius 3 is 2.87 bits per heavy atom. The molecule has 0 aliphatic carbocycles. The molecular weight excluding hydrogens is 318 g/mol.